The van der Waals surface area contributed by atoms with Crippen LogP contribution in [0.4, 0.5) is 0 Å². The molecule has 0 bridgehead atoms. The first-order valence-electron chi connectivity index (χ1n) is 8.77. The summed E-state index contributed by atoms with van der Waals surface area (Å²) in [5.74, 6) is 0.637. The molecule has 2 heterocycles. The van der Waals surface area contributed by atoms with Gasteiger partial charge in [-0.3, -0.25) is 0 Å². The summed E-state index contributed by atoms with van der Waals surface area (Å²) in [6.07, 6.45) is 5.37. The molecule has 4 aromatic rings. The molecule has 126 valence electrons. The molecule has 4 rings (SSSR count). The van der Waals surface area contributed by atoms with Crippen LogP contribution in [0.15, 0.2) is 67.0 Å². The van der Waals surface area contributed by atoms with Crippen molar-refractivity contribution in [3.63, 3.8) is 0 Å². The van der Waals surface area contributed by atoms with E-state index in [-0.39, 0.29) is 0 Å². The van der Waals surface area contributed by atoms with Gasteiger partial charge in [-0.1, -0.05) is 62.4 Å². The van der Waals surface area contributed by atoms with E-state index >= 15 is 0 Å². The van der Waals surface area contributed by atoms with Gasteiger partial charge in [0.15, 0.2) is 0 Å². The third-order valence-corrected chi connectivity index (χ3v) is 5.44. The molecule has 0 radical (unpaired) electrons. The molecule has 2 aromatic carbocycles. The number of para-hydroxylation sites is 1. The molecule has 3 heteroatoms. The summed E-state index contributed by atoms with van der Waals surface area (Å²) >= 11 is 1.82. The Morgan fingerprint density at radius 1 is 1.00 bits per heavy atom. The minimum atomic E-state index is 0.637. The zero-order valence-corrected chi connectivity index (χ0v) is 15.5. The Hall–Kier alpha value is -2.39. The minimum absolute atomic E-state index is 0.637. The average molecular weight is 346 g/mol. The van der Waals surface area contributed by atoms with Crippen LogP contribution in [-0.2, 0) is 13.0 Å². The van der Waals surface area contributed by atoms with Gasteiger partial charge in [-0.05, 0) is 17.5 Å². The molecule has 0 N–H and O–H groups in total. The lowest BCUT2D eigenvalue weighted by molar-refractivity contribution is 0.644. The normalized spacial score (nSPS) is 11.5. The quantitative estimate of drug-likeness (QED) is 0.432. The fourth-order valence-electron chi connectivity index (χ4n) is 3.23. The van der Waals surface area contributed by atoms with Crippen molar-refractivity contribution in [2.75, 3.05) is 0 Å². The van der Waals surface area contributed by atoms with Crippen molar-refractivity contribution in [3.8, 4) is 10.4 Å². The Balaban J connectivity index is 1.76. The molecule has 0 fully saturated rings. The van der Waals surface area contributed by atoms with E-state index in [1.165, 1.54) is 31.9 Å². The summed E-state index contributed by atoms with van der Waals surface area (Å²) in [5.41, 5.74) is 3.89. The molecule has 25 heavy (non-hydrogen) atoms. The summed E-state index contributed by atoms with van der Waals surface area (Å²) in [5, 5.41) is 2.53. The van der Waals surface area contributed by atoms with Gasteiger partial charge in [0, 0.05) is 41.8 Å². The lowest BCUT2D eigenvalue weighted by Gasteiger charge is -2.05. The van der Waals surface area contributed by atoms with Gasteiger partial charge in [0.2, 0.25) is 0 Å². The molecule has 0 amide bonds. The van der Waals surface area contributed by atoms with Crippen LogP contribution in [0.2, 0.25) is 0 Å². The van der Waals surface area contributed by atoms with Gasteiger partial charge in [0.1, 0.15) is 0 Å². The smallest absolute Gasteiger partial charge is 0.0933 e. The second kappa shape index (κ2) is 6.85. The molecule has 2 nitrogen and oxygen atoms in total. The molecular weight excluding hydrogens is 324 g/mol. The second-order valence-electron chi connectivity index (χ2n) is 6.89. The summed E-state index contributed by atoms with van der Waals surface area (Å²) in [7, 11) is 0. The minimum Gasteiger partial charge on any atom is -0.342 e. The van der Waals surface area contributed by atoms with Crippen LogP contribution in [0.25, 0.3) is 21.3 Å². The SMILES string of the molecule is CC(C)Cc1ncc(-c2cn(Cc3ccccc3)c3ccccc23)s1. The van der Waals surface area contributed by atoms with Crippen LogP contribution < -0.4 is 0 Å². The van der Waals surface area contributed by atoms with Crippen LogP contribution in [0.5, 0.6) is 0 Å². The highest BCUT2D eigenvalue weighted by Crippen LogP contribution is 2.35. The van der Waals surface area contributed by atoms with E-state index in [1.54, 1.807) is 0 Å². The zero-order chi connectivity index (χ0) is 17.2. The van der Waals surface area contributed by atoms with E-state index in [0.717, 1.165) is 13.0 Å². The average Bonchev–Trinajstić information content (AvgIpc) is 3.20. The van der Waals surface area contributed by atoms with E-state index in [2.05, 4.69) is 84.2 Å². The highest BCUT2D eigenvalue weighted by atomic mass is 32.1. The van der Waals surface area contributed by atoms with E-state index in [0.29, 0.717) is 5.92 Å². The number of nitrogens with zero attached hydrogens (tertiary/aromatic N) is 2. The largest absolute Gasteiger partial charge is 0.342 e. The Kier molecular flexibility index (Phi) is 4.41. The Morgan fingerprint density at radius 2 is 1.76 bits per heavy atom. The Morgan fingerprint density at radius 3 is 2.56 bits per heavy atom. The van der Waals surface area contributed by atoms with Crippen LogP contribution in [0.1, 0.15) is 24.4 Å². The first kappa shape index (κ1) is 16.1. The molecule has 0 saturated heterocycles. The van der Waals surface area contributed by atoms with Crippen molar-refractivity contribution in [3.05, 3.63) is 77.6 Å². The highest BCUT2D eigenvalue weighted by Gasteiger charge is 2.13. The number of aromatic nitrogens is 2. The fourth-order valence-corrected chi connectivity index (χ4v) is 4.39. The van der Waals surface area contributed by atoms with Crippen LogP contribution in [0, 0.1) is 5.92 Å². The summed E-state index contributed by atoms with van der Waals surface area (Å²) < 4.78 is 2.35. The maximum atomic E-state index is 4.64. The summed E-state index contributed by atoms with van der Waals surface area (Å²) in [6.45, 7) is 5.37. The summed E-state index contributed by atoms with van der Waals surface area (Å²) in [4.78, 5) is 5.90. The molecule has 0 aliphatic rings. The van der Waals surface area contributed by atoms with Gasteiger partial charge in [0.05, 0.1) is 9.88 Å². The predicted octanol–water partition coefficient (Wildman–Crippen LogP) is 6.01. The van der Waals surface area contributed by atoms with E-state index in [4.69, 9.17) is 0 Å². The van der Waals surface area contributed by atoms with Gasteiger partial charge in [0.25, 0.3) is 0 Å². The molecule has 0 atom stereocenters. The standard InChI is InChI=1S/C22H22N2S/c1-16(2)12-22-23-13-21(25-22)19-15-24(14-17-8-4-3-5-9-17)20-11-7-6-10-18(19)20/h3-11,13,15-16H,12,14H2,1-2H3. The number of thiazole rings is 1. The number of fused-ring (bicyclic) bond motifs is 1. The molecule has 0 aliphatic heterocycles. The van der Waals surface area contributed by atoms with Crippen molar-refractivity contribution in [1.29, 1.82) is 0 Å². The van der Waals surface area contributed by atoms with Crippen molar-refractivity contribution in [1.82, 2.24) is 9.55 Å². The first-order chi connectivity index (χ1) is 12.2. The van der Waals surface area contributed by atoms with Gasteiger partial charge in [-0.2, -0.15) is 0 Å². The van der Waals surface area contributed by atoms with Gasteiger partial charge in [-0.25, -0.2) is 4.98 Å². The number of hydrogen-bond acceptors (Lipinski definition) is 2. The van der Waals surface area contributed by atoms with Crippen LogP contribution in [-0.4, -0.2) is 9.55 Å². The predicted molar refractivity (Wildman–Crippen MR) is 107 cm³/mol. The molecule has 0 unspecified atom stereocenters. The van der Waals surface area contributed by atoms with Crippen molar-refractivity contribution in [2.45, 2.75) is 26.8 Å². The van der Waals surface area contributed by atoms with Gasteiger partial charge >= 0.3 is 0 Å². The summed E-state index contributed by atoms with van der Waals surface area (Å²) in [6, 6.07) is 19.3. The van der Waals surface area contributed by atoms with Gasteiger partial charge in [-0.15, -0.1) is 11.3 Å². The molecular formula is C22H22N2S. The molecule has 0 aliphatic carbocycles. The van der Waals surface area contributed by atoms with Crippen molar-refractivity contribution >= 4 is 22.2 Å². The number of rotatable bonds is 5. The highest BCUT2D eigenvalue weighted by molar-refractivity contribution is 7.15. The third-order valence-electron chi connectivity index (χ3n) is 4.39. The zero-order valence-electron chi connectivity index (χ0n) is 14.6. The second-order valence-corrected chi connectivity index (χ2v) is 8.00. The van der Waals surface area contributed by atoms with Crippen LogP contribution >= 0.6 is 11.3 Å². The van der Waals surface area contributed by atoms with E-state index < -0.39 is 0 Å². The van der Waals surface area contributed by atoms with E-state index in [1.807, 2.05) is 17.5 Å². The fraction of sp³-hybridized carbons (Fsp3) is 0.227. The first-order valence-corrected chi connectivity index (χ1v) is 9.59. The topological polar surface area (TPSA) is 17.8 Å². The van der Waals surface area contributed by atoms with Crippen molar-refractivity contribution in [2.24, 2.45) is 5.92 Å². The maximum absolute atomic E-state index is 4.64. The number of hydrogen-bond donors (Lipinski definition) is 0. The monoisotopic (exact) mass is 346 g/mol. The molecule has 2 aromatic heterocycles. The molecule has 0 saturated carbocycles. The third kappa shape index (κ3) is 3.38. The van der Waals surface area contributed by atoms with E-state index in [9.17, 15) is 0 Å². The maximum Gasteiger partial charge on any atom is 0.0933 e. The van der Waals surface area contributed by atoms with Crippen LogP contribution in [0.3, 0.4) is 0 Å². The molecule has 0 spiro atoms. The lowest BCUT2D eigenvalue weighted by atomic mass is 10.1. The Labute approximate surface area is 152 Å². The Bertz CT molecular complexity index is 980. The van der Waals surface area contributed by atoms with Crippen molar-refractivity contribution < 1.29 is 0 Å². The lowest BCUT2D eigenvalue weighted by Crippen LogP contribution is -1.97. The van der Waals surface area contributed by atoms with Gasteiger partial charge < -0.3 is 4.57 Å². The number of benzene rings is 2.